The molecule has 0 bridgehead atoms. The molecule has 2 rings (SSSR count). The molecule has 9 heteroatoms. The van der Waals surface area contributed by atoms with Crippen LogP contribution in [0.3, 0.4) is 0 Å². The van der Waals surface area contributed by atoms with Gasteiger partial charge in [0.15, 0.2) is 6.29 Å². The zero-order valence-electron chi connectivity index (χ0n) is 14.8. The Hall–Kier alpha value is -2.62. The summed E-state index contributed by atoms with van der Waals surface area (Å²) < 4.78 is 16.1. The summed E-state index contributed by atoms with van der Waals surface area (Å²) in [7, 11) is 1.76. The van der Waals surface area contributed by atoms with E-state index in [0.29, 0.717) is 31.5 Å². The summed E-state index contributed by atoms with van der Waals surface area (Å²) in [5.74, 6) is 0.565. The molecule has 2 aromatic heterocycles. The summed E-state index contributed by atoms with van der Waals surface area (Å²) in [6.45, 7) is 2.76. The summed E-state index contributed by atoms with van der Waals surface area (Å²) in [5, 5.41) is 11.5. The van der Waals surface area contributed by atoms with Crippen molar-refractivity contribution >= 4 is 18.1 Å². The van der Waals surface area contributed by atoms with Gasteiger partial charge >= 0.3 is 6.01 Å². The largest absolute Gasteiger partial charge is 0.434 e. The predicted octanol–water partition coefficient (Wildman–Crippen LogP) is 1.23. The molecule has 1 unspecified atom stereocenters. The second-order valence-corrected chi connectivity index (χ2v) is 5.08. The molecule has 140 valence electrons. The van der Waals surface area contributed by atoms with E-state index in [1.54, 1.807) is 38.6 Å². The van der Waals surface area contributed by atoms with Gasteiger partial charge in [-0.25, -0.2) is 15.0 Å². The van der Waals surface area contributed by atoms with Crippen molar-refractivity contribution < 1.29 is 19.3 Å². The minimum Gasteiger partial charge on any atom is -0.434 e. The molecule has 0 aromatic carbocycles. The number of nitrogens with one attached hydrogen (secondary N) is 1. The molecule has 0 aliphatic carbocycles. The van der Waals surface area contributed by atoms with E-state index in [-0.39, 0.29) is 12.6 Å². The first kappa shape index (κ1) is 19.7. The first-order valence-corrected chi connectivity index (χ1v) is 8.19. The molecule has 0 radical (unpaired) electrons. The molecule has 0 aliphatic heterocycles. The van der Waals surface area contributed by atoms with Crippen molar-refractivity contribution in [1.29, 1.82) is 0 Å². The molecular weight excluding hydrogens is 338 g/mol. The van der Waals surface area contributed by atoms with Crippen LogP contribution in [0.1, 0.15) is 18.2 Å². The third-order valence-electron chi connectivity index (χ3n) is 3.08. The third kappa shape index (κ3) is 7.09. The Bertz CT molecular complexity index is 681. The van der Waals surface area contributed by atoms with Gasteiger partial charge in [0.05, 0.1) is 32.1 Å². The van der Waals surface area contributed by atoms with Gasteiger partial charge in [-0.2, -0.15) is 4.98 Å². The van der Waals surface area contributed by atoms with Crippen molar-refractivity contribution in [2.24, 2.45) is 0 Å². The Labute approximate surface area is 152 Å². The molecule has 0 spiro atoms. The maximum atomic E-state index is 8.61. The summed E-state index contributed by atoms with van der Waals surface area (Å²) in [5.41, 5.74) is 1.54. The fourth-order valence-corrected chi connectivity index (χ4v) is 1.86. The lowest BCUT2D eigenvalue weighted by Crippen LogP contribution is -2.20. The molecule has 1 atom stereocenters. The van der Waals surface area contributed by atoms with Gasteiger partial charge in [-0.3, -0.25) is 0 Å². The van der Waals surface area contributed by atoms with Crippen LogP contribution in [0.4, 0.5) is 5.95 Å². The minimum absolute atomic E-state index is 0.00797. The normalized spacial score (nSPS) is 12.3. The van der Waals surface area contributed by atoms with E-state index in [2.05, 4.69) is 25.3 Å². The summed E-state index contributed by atoms with van der Waals surface area (Å²) >= 11 is 0. The maximum absolute atomic E-state index is 8.61. The molecule has 0 saturated heterocycles. The quantitative estimate of drug-likeness (QED) is 0.451. The highest BCUT2D eigenvalue weighted by Gasteiger charge is 2.06. The lowest BCUT2D eigenvalue weighted by molar-refractivity contribution is -0.0885. The van der Waals surface area contributed by atoms with Gasteiger partial charge in [-0.15, -0.1) is 0 Å². The SMILES string of the molecule is CNc1ncc(/C=C/c2ccnc(OC(C)OCCOCCO)n2)cn1. The number of aliphatic hydroxyl groups is 1. The lowest BCUT2D eigenvalue weighted by atomic mass is 10.3. The van der Waals surface area contributed by atoms with Crippen LogP contribution in [0, 0.1) is 0 Å². The molecule has 0 saturated carbocycles. The summed E-state index contributed by atoms with van der Waals surface area (Å²) in [6.07, 6.45) is 8.18. The Morgan fingerprint density at radius 3 is 2.69 bits per heavy atom. The molecule has 2 N–H and O–H groups in total. The average Bonchev–Trinajstić information content (AvgIpc) is 2.67. The van der Waals surface area contributed by atoms with E-state index < -0.39 is 6.29 Å². The van der Waals surface area contributed by atoms with Gasteiger partial charge in [-0.1, -0.05) is 0 Å². The van der Waals surface area contributed by atoms with E-state index in [4.69, 9.17) is 19.3 Å². The second kappa shape index (κ2) is 11.1. The zero-order chi connectivity index (χ0) is 18.6. The highest BCUT2D eigenvalue weighted by molar-refractivity contribution is 5.67. The van der Waals surface area contributed by atoms with Crippen LogP contribution in [-0.2, 0) is 9.47 Å². The first-order valence-electron chi connectivity index (χ1n) is 8.19. The number of anilines is 1. The van der Waals surface area contributed by atoms with Crippen molar-refractivity contribution in [2.45, 2.75) is 13.2 Å². The van der Waals surface area contributed by atoms with Crippen LogP contribution in [0.15, 0.2) is 24.7 Å². The van der Waals surface area contributed by atoms with Gasteiger partial charge in [0.1, 0.15) is 0 Å². The third-order valence-corrected chi connectivity index (χ3v) is 3.08. The maximum Gasteiger partial charge on any atom is 0.319 e. The Morgan fingerprint density at radius 1 is 1.15 bits per heavy atom. The van der Waals surface area contributed by atoms with E-state index in [1.807, 2.05) is 12.2 Å². The fraction of sp³-hybridized carbons (Fsp3) is 0.412. The molecular formula is C17H23N5O4. The van der Waals surface area contributed by atoms with Gasteiger partial charge in [0, 0.05) is 31.2 Å². The predicted molar refractivity (Wildman–Crippen MR) is 96.5 cm³/mol. The Balaban J connectivity index is 1.85. The van der Waals surface area contributed by atoms with Gasteiger partial charge in [-0.05, 0) is 25.1 Å². The van der Waals surface area contributed by atoms with E-state index >= 15 is 0 Å². The molecule has 0 amide bonds. The highest BCUT2D eigenvalue weighted by atomic mass is 16.7. The Morgan fingerprint density at radius 2 is 1.96 bits per heavy atom. The van der Waals surface area contributed by atoms with E-state index in [0.717, 1.165) is 5.56 Å². The molecule has 0 fully saturated rings. The topological polar surface area (TPSA) is 112 Å². The van der Waals surface area contributed by atoms with Crippen LogP contribution in [0.5, 0.6) is 6.01 Å². The number of ether oxygens (including phenoxy) is 3. The van der Waals surface area contributed by atoms with Crippen molar-refractivity contribution in [1.82, 2.24) is 19.9 Å². The highest BCUT2D eigenvalue weighted by Crippen LogP contribution is 2.10. The molecule has 9 nitrogen and oxygen atoms in total. The van der Waals surface area contributed by atoms with Crippen LogP contribution < -0.4 is 10.1 Å². The molecule has 26 heavy (non-hydrogen) atoms. The number of aliphatic hydroxyl groups excluding tert-OH is 1. The van der Waals surface area contributed by atoms with Gasteiger partial charge in [0.2, 0.25) is 5.95 Å². The second-order valence-electron chi connectivity index (χ2n) is 5.08. The van der Waals surface area contributed by atoms with Crippen LogP contribution in [-0.4, -0.2) is 64.8 Å². The van der Waals surface area contributed by atoms with Gasteiger partial charge < -0.3 is 24.6 Å². The van der Waals surface area contributed by atoms with Crippen molar-refractivity contribution in [3.05, 3.63) is 35.9 Å². The summed E-state index contributed by atoms with van der Waals surface area (Å²) in [6, 6.07) is 1.98. The van der Waals surface area contributed by atoms with Crippen LogP contribution in [0.2, 0.25) is 0 Å². The van der Waals surface area contributed by atoms with Gasteiger partial charge in [0.25, 0.3) is 0 Å². The lowest BCUT2D eigenvalue weighted by Gasteiger charge is -2.14. The number of nitrogens with zero attached hydrogens (tertiary/aromatic N) is 4. The molecule has 0 aliphatic rings. The number of aromatic nitrogens is 4. The zero-order valence-corrected chi connectivity index (χ0v) is 14.8. The van der Waals surface area contributed by atoms with Crippen molar-refractivity contribution in [3.8, 4) is 6.01 Å². The van der Waals surface area contributed by atoms with Crippen LogP contribution in [0.25, 0.3) is 12.2 Å². The minimum atomic E-state index is -0.519. The van der Waals surface area contributed by atoms with Crippen LogP contribution >= 0.6 is 0 Å². The van der Waals surface area contributed by atoms with E-state index in [9.17, 15) is 0 Å². The van der Waals surface area contributed by atoms with Crippen molar-refractivity contribution in [3.63, 3.8) is 0 Å². The van der Waals surface area contributed by atoms with Crippen molar-refractivity contribution in [2.75, 3.05) is 38.8 Å². The smallest absolute Gasteiger partial charge is 0.319 e. The van der Waals surface area contributed by atoms with E-state index in [1.165, 1.54) is 0 Å². The monoisotopic (exact) mass is 361 g/mol. The number of hydrogen-bond donors (Lipinski definition) is 2. The number of hydrogen-bond acceptors (Lipinski definition) is 9. The fourth-order valence-electron chi connectivity index (χ4n) is 1.86. The molecule has 2 heterocycles. The summed E-state index contributed by atoms with van der Waals surface area (Å²) in [4.78, 5) is 16.7. The first-order chi connectivity index (χ1) is 12.7. The average molecular weight is 361 g/mol. The standard InChI is InChI=1S/C17H23N5O4/c1-13(25-10-9-24-8-7-23)26-17-19-6-5-15(22-17)4-3-14-11-20-16(18-2)21-12-14/h3-6,11-13,23H,7-10H2,1-2H3,(H,18,20,21)/b4-3+. The Kier molecular flexibility index (Phi) is 8.40. The molecule has 2 aromatic rings. The number of rotatable bonds is 11.